The van der Waals surface area contributed by atoms with E-state index >= 15 is 0 Å². The number of methoxy groups -OCH3 is 2. The molecule has 1 aromatic carbocycles. The van der Waals surface area contributed by atoms with E-state index in [1.807, 2.05) is 36.4 Å². The summed E-state index contributed by atoms with van der Waals surface area (Å²) in [5, 5.41) is 22.0. The van der Waals surface area contributed by atoms with Crippen LogP contribution in [0.1, 0.15) is 18.4 Å². The summed E-state index contributed by atoms with van der Waals surface area (Å²) in [6, 6.07) is 9.32. The molecule has 0 aliphatic heterocycles. The maximum Gasteiger partial charge on any atom is 0.348 e. The van der Waals surface area contributed by atoms with E-state index in [0.29, 0.717) is 5.92 Å². The van der Waals surface area contributed by atoms with E-state index < -0.39 is 12.3 Å². The van der Waals surface area contributed by atoms with Crippen molar-refractivity contribution in [3.05, 3.63) is 47.6 Å². The maximum absolute atomic E-state index is 11.4. The third-order valence-electron chi connectivity index (χ3n) is 4.42. The number of nitrogens with one attached hydrogen (secondary N) is 1. The Morgan fingerprint density at radius 1 is 1.35 bits per heavy atom. The summed E-state index contributed by atoms with van der Waals surface area (Å²) >= 11 is 0. The average molecular weight is 356 g/mol. The third-order valence-corrected chi connectivity index (χ3v) is 4.42. The van der Waals surface area contributed by atoms with Gasteiger partial charge in [-0.15, -0.1) is 0 Å². The molecule has 3 atom stereocenters. The van der Waals surface area contributed by atoms with Crippen LogP contribution in [0.5, 0.6) is 0 Å². The number of aliphatic hydroxyl groups is 1. The van der Waals surface area contributed by atoms with Crippen molar-refractivity contribution in [1.82, 2.24) is 0 Å². The summed E-state index contributed by atoms with van der Waals surface area (Å²) in [4.78, 5) is 11.4. The number of aliphatic hydroxyl groups excluding tert-OH is 1. The molecule has 0 aromatic heterocycles. The van der Waals surface area contributed by atoms with Gasteiger partial charge in [0, 0.05) is 25.3 Å². The number of nitriles is 1. The van der Waals surface area contributed by atoms with Crippen molar-refractivity contribution < 1.29 is 19.4 Å². The Morgan fingerprint density at radius 2 is 2.08 bits per heavy atom. The van der Waals surface area contributed by atoms with Gasteiger partial charge in [0.15, 0.2) is 6.29 Å². The third kappa shape index (κ3) is 5.45. The van der Waals surface area contributed by atoms with Crippen LogP contribution in [0.15, 0.2) is 42.0 Å². The molecule has 0 radical (unpaired) electrons. The predicted octanol–water partition coefficient (Wildman–Crippen LogP) is 2.73. The van der Waals surface area contributed by atoms with Gasteiger partial charge in [-0.2, -0.15) is 5.26 Å². The molecule has 1 aliphatic carbocycles. The monoisotopic (exact) mass is 356 g/mol. The van der Waals surface area contributed by atoms with Crippen molar-refractivity contribution in [3.8, 4) is 6.07 Å². The number of esters is 1. The molecule has 0 spiro atoms. The van der Waals surface area contributed by atoms with E-state index in [9.17, 15) is 9.90 Å². The van der Waals surface area contributed by atoms with Crippen LogP contribution in [-0.4, -0.2) is 38.1 Å². The minimum atomic E-state index is -0.732. The summed E-state index contributed by atoms with van der Waals surface area (Å²) < 4.78 is 9.52. The zero-order valence-corrected chi connectivity index (χ0v) is 15.0. The highest BCUT2D eigenvalue weighted by Crippen LogP contribution is 2.25. The number of hydrogen-bond donors (Lipinski definition) is 2. The van der Waals surface area contributed by atoms with Gasteiger partial charge in [0.2, 0.25) is 0 Å². The Hall–Kier alpha value is -2.62. The van der Waals surface area contributed by atoms with Crippen molar-refractivity contribution in [3.63, 3.8) is 0 Å². The standard InChI is InChI=1S/C20H24N2O4/c1-25-19(23)16-7-3-15(4-8-16)13-22-18-9-5-14(6-10-18)11-17(12-21)20(24)26-2/h3,5-7,9-11,15-16,19,22-23H,4,8,13H2,1-2H3. The Bertz CT molecular complexity index is 704. The van der Waals surface area contributed by atoms with Crippen molar-refractivity contribution in [2.45, 2.75) is 19.1 Å². The fraction of sp³-hybridized carbons (Fsp3) is 0.400. The van der Waals surface area contributed by atoms with Crippen molar-refractivity contribution >= 4 is 17.7 Å². The van der Waals surface area contributed by atoms with E-state index in [4.69, 9.17) is 10.00 Å². The maximum atomic E-state index is 11.4. The Labute approximate surface area is 153 Å². The van der Waals surface area contributed by atoms with E-state index in [1.165, 1.54) is 20.3 Å². The smallest absolute Gasteiger partial charge is 0.348 e. The second kappa shape index (κ2) is 9.76. The van der Waals surface area contributed by atoms with E-state index in [2.05, 4.69) is 16.1 Å². The molecule has 0 saturated heterocycles. The fourth-order valence-corrected chi connectivity index (χ4v) is 2.84. The minimum absolute atomic E-state index is 0.0339. The average Bonchev–Trinajstić information content (AvgIpc) is 2.70. The van der Waals surface area contributed by atoms with Gasteiger partial charge < -0.3 is 19.9 Å². The number of anilines is 1. The van der Waals surface area contributed by atoms with Crippen LogP contribution in [0.25, 0.3) is 6.08 Å². The highest BCUT2D eigenvalue weighted by molar-refractivity contribution is 5.97. The fourth-order valence-electron chi connectivity index (χ4n) is 2.84. The summed E-state index contributed by atoms with van der Waals surface area (Å²) in [7, 11) is 2.76. The van der Waals surface area contributed by atoms with Gasteiger partial charge in [0.1, 0.15) is 11.6 Å². The molecule has 6 nitrogen and oxygen atoms in total. The molecule has 0 amide bonds. The Kier molecular flexibility index (Phi) is 7.39. The molecule has 26 heavy (non-hydrogen) atoms. The second-order valence-electron chi connectivity index (χ2n) is 6.18. The topological polar surface area (TPSA) is 91.6 Å². The molecule has 3 unspecified atom stereocenters. The van der Waals surface area contributed by atoms with Crippen molar-refractivity contribution in [2.24, 2.45) is 11.8 Å². The van der Waals surface area contributed by atoms with Crippen LogP contribution in [0.4, 0.5) is 5.69 Å². The predicted molar refractivity (Wildman–Crippen MR) is 98.9 cm³/mol. The zero-order valence-electron chi connectivity index (χ0n) is 15.0. The molecular weight excluding hydrogens is 332 g/mol. The Morgan fingerprint density at radius 3 is 2.62 bits per heavy atom. The summed E-state index contributed by atoms with van der Waals surface area (Å²) in [5.74, 6) is -0.179. The number of carbonyl (C=O) groups is 1. The van der Waals surface area contributed by atoms with Crippen LogP contribution in [-0.2, 0) is 14.3 Å². The van der Waals surface area contributed by atoms with E-state index in [0.717, 1.165) is 30.6 Å². The van der Waals surface area contributed by atoms with Crippen LogP contribution in [0.3, 0.4) is 0 Å². The van der Waals surface area contributed by atoms with Gasteiger partial charge >= 0.3 is 5.97 Å². The largest absolute Gasteiger partial charge is 0.465 e. The first-order chi connectivity index (χ1) is 12.6. The first-order valence-corrected chi connectivity index (χ1v) is 8.50. The zero-order chi connectivity index (χ0) is 18.9. The van der Waals surface area contributed by atoms with Crippen molar-refractivity contribution in [1.29, 1.82) is 5.26 Å². The summed E-state index contributed by atoms with van der Waals surface area (Å²) in [5.41, 5.74) is 1.69. The number of rotatable bonds is 7. The highest BCUT2D eigenvalue weighted by Gasteiger charge is 2.21. The second-order valence-corrected chi connectivity index (χ2v) is 6.18. The van der Waals surface area contributed by atoms with Gasteiger partial charge in [0.25, 0.3) is 0 Å². The SMILES string of the molecule is COC(=O)C(C#N)=Cc1ccc(NCC2C=CC(C(O)OC)CC2)cc1. The number of carbonyl (C=O) groups excluding carboxylic acids is 1. The van der Waals surface area contributed by atoms with Gasteiger partial charge in [-0.3, -0.25) is 0 Å². The van der Waals surface area contributed by atoms with Gasteiger partial charge in [-0.05, 0) is 42.5 Å². The molecule has 1 aliphatic rings. The van der Waals surface area contributed by atoms with Gasteiger partial charge in [0.05, 0.1) is 7.11 Å². The van der Waals surface area contributed by atoms with Crippen LogP contribution < -0.4 is 5.32 Å². The lowest BCUT2D eigenvalue weighted by Crippen LogP contribution is -2.25. The summed E-state index contributed by atoms with van der Waals surface area (Å²) in [6.45, 7) is 0.799. The normalized spacial score (nSPS) is 20.9. The van der Waals surface area contributed by atoms with Crippen molar-refractivity contribution in [2.75, 3.05) is 26.1 Å². The molecule has 0 heterocycles. The van der Waals surface area contributed by atoms with Gasteiger partial charge in [-0.25, -0.2) is 4.79 Å². The molecule has 2 rings (SSSR count). The lowest BCUT2D eigenvalue weighted by atomic mass is 9.88. The molecular formula is C20H24N2O4. The molecule has 0 fully saturated rings. The molecule has 1 aromatic rings. The van der Waals surface area contributed by atoms with E-state index in [1.54, 1.807) is 0 Å². The molecule has 2 N–H and O–H groups in total. The molecule has 138 valence electrons. The number of hydrogen-bond acceptors (Lipinski definition) is 6. The van der Waals surface area contributed by atoms with E-state index in [-0.39, 0.29) is 11.5 Å². The first kappa shape index (κ1) is 19.7. The molecule has 0 bridgehead atoms. The lowest BCUT2D eigenvalue weighted by molar-refractivity contribution is -0.135. The highest BCUT2D eigenvalue weighted by atomic mass is 16.6. The first-order valence-electron chi connectivity index (χ1n) is 8.50. The van der Waals surface area contributed by atoms with Crippen LogP contribution in [0, 0.1) is 23.2 Å². The number of nitrogens with zero attached hydrogens (tertiary/aromatic N) is 1. The number of benzene rings is 1. The quantitative estimate of drug-likeness (QED) is 0.257. The Balaban J connectivity index is 1.89. The molecule has 6 heteroatoms. The van der Waals surface area contributed by atoms with Crippen LogP contribution in [0.2, 0.25) is 0 Å². The minimum Gasteiger partial charge on any atom is -0.465 e. The number of ether oxygens (including phenoxy) is 2. The summed E-state index contributed by atoms with van der Waals surface area (Å²) in [6.07, 6.45) is 6.79. The lowest BCUT2D eigenvalue weighted by Gasteiger charge is -2.26. The molecule has 0 saturated carbocycles. The van der Waals surface area contributed by atoms with Crippen LogP contribution >= 0.6 is 0 Å². The van der Waals surface area contributed by atoms with Gasteiger partial charge in [-0.1, -0.05) is 24.3 Å².